The number of methoxy groups -OCH3 is 1. The Morgan fingerprint density at radius 1 is 1.25 bits per heavy atom. The number of ether oxygens (including phenoxy) is 1. The van der Waals surface area contributed by atoms with Gasteiger partial charge >= 0.3 is 0 Å². The van der Waals surface area contributed by atoms with E-state index in [9.17, 15) is 23.3 Å². The summed E-state index contributed by atoms with van der Waals surface area (Å²) in [5.74, 6) is 0.562. The van der Waals surface area contributed by atoms with Crippen molar-refractivity contribution in [2.45, 2.75) is 0 Å². The average molecular weight is 467 g/mol. The second-order valence-electron chi connectivity index (χ2n) is 7.35. The third-order valence-corrected chi connectivity index (χ3v) is 4.60. The molecule has 0 aliphatic carbocycles. The van der Waals surface area contributed by atoms with Crippen LogP contribution in [0.5, 0.6) is 5.75 Å². The van der Waals surface area contributed by atoms with Crippen LogP contribution in [0.4, 0.5) is 11.4 Å². The maximum atomic E-state index is 13.3. The van der Waals surface area contributed by atoms with E-state index < -0.39 is 15.0 Å². The summed E-state index contributed by atoms with van der Waals surface area (Å²) in [7, 11) is 3.50. The highest BCUT2D eigenvalue weighted by Gasteiger charge is 2.21. The topological polar surface area (TPSA) is 144 Å². The van der Waals surface area contributed by atoms with Crippen LogP contribution in [-0.2, 0) is 17.2 Å². The number of pyridine rings is 1. The number of benzene rings is 2. The number of hydrogen-bond donors (Lipinski definition) is 2. The number of nitrogens with one attached hydrogen (secondary N) is 1. The van der Waals surface area contributed by atoms with E-state index in [1.165, 1.54) is 13.2 Å². The van der Waals surface area contributed by atoms with E-state index in [2.05, 4.69) is 5.32 Å². The first-order chi connectivity index (χ1) is 14.8. The Morgan fingerprint density at radius 2 is 1.88 bits per heavy atom. The smallest absolute Gasteiger partial charge is 0.293 e. The fourth-order valence-corrected chi connectivity index (χ4v) is 3.23. The van der Waals surface area contributed by atoms with Crippen LogP contribution in [0.2, 0.25) is 0 Å². The van der Waals surface area contributed by atoms with Crippen molar-refractivity contribution in [3.8, 4) is 5.75 Å². The van der Waals surface area contributed by atoms with Crippen molar-refractivity contribution in [3.63, 3.8) is 0 Å². The van der Waals surface area contributed by atoms with Gasteiger partial charge in [-0.05, 0) is 38.4 Å². The van der Waals surface area contributed by atoms with Crippen LogP contribution in [0.3, 0.4) is 0 Å². The van der Waals surface area contributed by atoms with Crippen molar-refractivity contribution in [2.75, 3.05) is 45.9 Å². The Bertz CT molecular complexity index is 1310. The zero-order valence-corrected chi connectivity index (χ0v) is 19.3. The molecule has 2 N–H and O–H groups in total. The van der Waals surface area contributed by atoms with Crippen molar-refractivity contribution >= 4 is 43.3 Å². The summed E-state index contributed by atoms with van der Waals surface area (Å²) in [5, 5.41) is 15.6. The fourth-order valence-electron chi connectivity index (χ4n) is 3.23. The zero-order valence-electron chi connectivity index (χ0n) is 18.4. The number of non-ortho nitro benzene ring substituents is 1. The number of nitrogens with zero attached hydrogens (tertiary/aromatic N) is 3. The predicted octanol–water partition coefficient (Wildman–Crippen LogP) is 2.09. The Labute approximate surface area is 185 Å². The van der Waals surface area contributed by atoms with E-state index in [1.807, 2.05) is 19.0 Å². The second kappa shape index (κ2) is 9.94. The van der Waals surface area contributed by atoms with E-state index >= 15 is 0 Å². The average Bonchev–Trinajstić information content (AvgIpc) is 2.69. The van der Waals surface area contributed by atoms with Gasteiger partial charge in [-0.25, -0.2) is 0 Å². The molecule has 0 saturated carbocycles. The van der Waals surface area contributed by atoms with Gasteiger partial charge in [-0.1, -0.05) is 0 Å². The van der Waals surface area contributed by atoms with Crippen LogP contribution >= 0.6 is 0 Å². The quantitative estimate of drug-likeness (QED) is 0.241. The maximum absolute atomic E-state index is 13.3. The lowest BCUT2D eigenvalue weighted by atomic mass is 10.1. The molecular formula is C20H26N4O7S. The van der Waals surface area contributed by atoms with Crippen LogP contribution in [0, 0.1) is 10.1 Å². The number of hydrogen-bond acceptors (Lipinski definition) is 8. The largest absolute Gasteiger partial charge is 0.497 e. The fraction of sp³-hybridized carbons (Fsp3) is 0.350. The van der Waals surface area contributed by atoms with Gasteiger partial charge in [0.1, 0.15) is 11.3 Å². The van der Waals surface area contributed by atoms with Crippen molar-refractivity contribution in [2.24, 2.45) is 7.05 Å². The molecule has 0 aliphatic heterocycles. The third-order valence-electron chi connectivity index (χ3n) is 4.60. The van der Waals surface area contributed by atoms with Gasteiger partial charge in [-0.15, -0.1) is 0 Å². The van der Waals surface area contributed by atoms with Gasteiger partial charge in [0.15, 0.2) is 5.43 Å². The number of aromatic nitrogens is 1. The van der Waals surface area contributed by atoms with E-state index in [1.54, 1.807) is 35.9 Å². The summed E-state index contributed by atoms with van der Waals surface area (Å²) in [6.07, 6.45) is 0.715. The van der Waals surface area contributed by atoms with Crippen molar-refractivity contribution in [1.29, 1.82) is 0 Å². The molecule has 0 unspecified atom stereocenters. The molecule has 0 radical (unpaired) electrons. The van der Waals surface area contributed by atoms with Crippen LogP contribution in [0.1, 0.15) is 0 Å². The zero-order chi connectivity index (χ0) is 24.2. The van der Waals surface area contributed by atoms with Crippen LogP contribution in [-0.4, -0.2) is 67.9 Å². The number of fused-ring (bicyclic) bond motifs is 2. The molecule has 174 valence electrons. The van der Waals surface area contributed by atoms with Crippen LogP contribution < -0.4 is 15.5 Å². The molecule has 12 heteroatoms. The highest BCUT2D eigenvalue weighted by atomic mass is 32.2. The minimum Gasteiger partial charge on any atom is -0.497 e. The van der Waals surface area contributed by atoms with E-state index in [0.717, 1.165) is 6.54 Å². The standard InChI is InChI=1S/C19H22N4O4.CH4O3S/c1-21(2)10-9-20-14-6-8-16(23(25)26)18-17(14)19(24)13-11-12(27-4)5-7-15(13)22(18)3;1-5(2,3)4/h5-8,11,20H,9-10H2,1-4H3;1H3,(H,2,3,4). The molecule has 0 saturated heterocycles. The number of rotatable bonds is 6. The highest BCUT2D eigenvalue weighted by molar-refractivity contribution is 7.85. The molecule has 11 nitrogen and oxygen atoms in total. The summed E-state index contributed by atoms with van der Waals surface area (Å²) in [5.41, 5.74) is 1.15. The molecule has 0 fully saturated rings. The molecular weight excluding hydrogens is 440 g/mol. The molecule has 32 heavy (non-hydrogen) atoms. The Balaban J connectivity index is 0.000000654. The normalized spacial score (nSPS) is 11.3. The van der Waals surface area contributed by atoms with Gasteiger partial charge in [0.2, 0.25) is 0 Å². The molecule has 0 amide bonds. The summed E-state index contributed by atoms with van der Waals surface area (Å²) in [6, 6.07) is 8.18. The Hall–Kier alpha value is -3.22. The van der Waals surface area contributed by atoms with Gasteiger partial charge < -0.3 is 19.5 Å². The van der Waals surface area contributed by atoms with E-state index in [4.69, 9.17) is 9.29 Å². The van der Waals surface area contributed by atoms with Gasteiger partial charge in [-0.3, -0.25) is 19.5 Å². The number of nitro benzene ring substituents is 1. The molecule has 1 aromatic heterocycles. The molecule has 0 aliphatic rings. The van der Waals surface area contributed by atoms with Crippen molar-refractivity contribution in [3.05, 3.63) is 50.7 Å². The summed E-state index contributed by atoms with van der Waals surface area (Å²) in [4.78, 5) is 26.4. The van der Waals surface area contributed by atoms with Gasteiger partial charge in [0.05, 0.1) is 34.6 Å². The minimum absolute atomic E-state index is 0.0968. The number of nitro groups is 1. The Morgan fingerprint density at radius 3 is 2.41 bits per heavy atom. The first-order valence-electron chi connectivity index (χ1n) is 9.44. The lowest BCUT2D eigenvalue weighted by Crippen LogP contribution is -2.21. The Kier molecular flexibility index (Phi) is 7.78. The lowest BCUT2D eigenvalue weighted by molar-refractivity contribution is -0.383. The number of likely N-dealkylation sites (N-methyl/N-ethyl adjacent to an activating group) is 1. The highest BCUT2D eigenvalue weighted by Crippen LogP contribution is 2.32. The molecule has 3 aromatic rings. The summed E-state index contributed by atoms with van der Waals surface area (Å²) >= 11 is 0. The SMILES string of the molecule is COc1ccc2c(c1)c(=O)c1c(NCCN(C)C)ccc([N+](=O)[O-])c1n2C.CS(=O)(=O)O. The molecule has 2 aromatic carbocycles. The monoisotopic (exact) mass is 466 g/mol. The molecule has 0 atom stereocenters. The molecule has 0 bridgehead atoms. The van der Waals surface area contributed by atoms with Crippen molar-refractivity contribution in [1.82, 2.24) is 9.47 Å². The first-order valence-corrected chi connectivity index (χ1v) is 11.3. The molecule has 3 rings (SSSR count). The first kappa shape index (κ1) is 25.0. The predicted molar refractivity (Wildman–Crippen MR) is 124 cm³/mol. The van der Waals surface area contributed by atoms with E-state index in [-0.39, 0.29) is 11.1 Å². The van der Waals surface area contributed by atoms with Gasteiger partial charge in [-0.2, -0.15) is 8.42 Å². The van der Waals surface area contributed by atoms with Crippen LogP contribution in [0.25, 0.3) is 21.8 Å². The molecule has 0 spiro atoms. The van der Waals surface area contributed by atoms with Gasteiger partial charge in [0.25, 0.3) is 15.8 Å². The third kappa shape index (κ3) is 5.93. The lowest BCUT2D eigenvalue weighted by Gasteiger charge is -2.16. The van der Waals surface area contributed by atoms with Crippen molar-refractivity contribution < 1.29 is 22.6 Å². The minimum atomic E-state index is -3.67. The summed E-state index contributed by atoms with van der Waals surface area (Å²) in [6.45, 7) is 1.37. The van der Waals surface area contributed by atoms with E-state index in [0.29, 0.717) is 46.0 Å². The maximum Gasteiger partial charge on any atom is 0.293 e. The second-order valence-corrected chi connectivity index (χ2v) is 8.81. The number of aryl methyl sites for hydroxylation is 1. The summed E-state index contributed by atoms with van der Waals surface area (Å²) < 4.78 is 32.8. The van der Waals surface area contributed by atoms with Crippen LogP contribution in [0.15, 0.2) is 35.1 Å². The van der Waals surface area contributed by atoms with Gasteiger partial charge in [0, 0.05) is 31.9 Å². The number of anilines is 1. The molecule has 1 heterocycles.